The van der Waals surface area contributed by atoms with Gasteiger partial charge in [0.1, 0.15) is 19.3 Å². The molecule has 94 heavy (non-hydrogen) atoms. The Morgan fingerprint density at radius 3 is 1.51 bits per heavy atom. The van der Waals surface area contributed by atoms with Crippen molar-refractivity contribution in [1.82, 2.24) is 15.1 Å². The molecular weight excluding hydrogens is 1270 g/mol. The summed E-state index contributed by atoms with van der Waals surface area (Å²) in [6.45, 7) is 10.6. The van der Waals surface area contributed by atoms with Crippen LogP contribution >= 0.6 is 11.3 Å². The van der Waals surface area contributed by atoms with Crippen molar-refractivity contribution in [3.63, 3.8) is 0 Å². The Morgan fingerprint density at radius 1 is 0.564 bits per heavy atom. The minimum Gasteiger partial charge on any atom is -0.493 e. The lowest BCUT2D eigenvalue weighted by Gasteiger charge is -2.16. The van der Waals surface area contributed by atoms with E-state index < -0.39 is 66.1 Å². The van der Waals surface area contributed by atoms with Crippen molar-refractivity contribution >= 4 is 62.8 Å². The van der Waals surface area contributed by atoms with Crippen molar-refractivity contribution in [1.29, 1.82) is 0 Å². The number of carbonyl (C=O) groups excluding carboxylic acids is 7. The molecule has 2 aliphatic heterocycles. The molecule has 0 radical (unpaired) electrons. The summed E-state index contributed by atoms with van der Waals surface area (Å²) in [6.07, 6.45) is -3.13. The number of esters is 2. The Balaban J connectivity index is 0.827. The van der Waals surface area contributed by atoms with E-state index in [9.17, 15) is 33.6 Å². The fourth-order valence-corrected chi connectivity index (χ4v) is 9.81. The monoisotopic (exact) mass is 1360 g/mol. The zero-order chi connectivity index (χ0) is 68.4. The second-order valence-corrected chi connectivity index (χ2v) is 21.7. The van der Waals surface area contributed by atoms with Crippen molar-refractivity contribution in [3.05, 3.63) is 45.8 Å². The lowest BCUT2D eigenvalue weighted by Crippen LogP contribution is -2.42. The van der Waals surface area contributed by atoms with Gasteiger partial charge in [0.2, 0.25) is 23.6 Å². The molecule has 0 aliphatic carbocycles. The first kappa shape index (κ1) is 76.7. The normalized spacial score (nSPS) is 14.1. The molecule has 1 saturated heterocycles. The van der Waals surface area contributed by atoms with Crippen LogP contribution in [0.4, 0.5) is 8.78 Å². The van der Waals surface area contributed by atoms with Gasteiger partial charge in [0.15, 0.2) is 40.4 Å². The molecule has 2 aromatic carbocycles. The van der Waals surface area contributed by atoms with Crippen molar-refractivity contribution in [2.75, 3.05) is 206 Å². The van der Waals surface area contributed by atoms with Gasteiger partial charge in [0.25, 0.3) is 0 Å². The van der Waals surface area contributed by atoms with Crippen LogP contribution in [-0.2, 0) is 108 Å². The summed E-state index contributed by atoms with van der Waals surface area (Å²) < 4.78 is 138. The zero-order valence-corrected chi connectivity index (χ0v) is 54.9. The highest BCUT2D eigenvalue weighted by Gasteiger charge is 2.32. The Hall–Kier alpha value is -6.33. The Labute approximate surface area is 551 Å². The number of carbonyl (C=O) groups is 7. The number of benzene rings is 2. The third-order valence-corrected chi connectivity index (χ3v) is 14.7. The van der Waals surface area contributed by atoms with Gasteiger partial charge < -0.3 is 95.5 Å². The third kappa shape index (κ3) is 29.8. The molecule has 31 heteroatoms. The minimum atomic E-state index is -1.24. The van der Waals surface area contributed by atoms with Gasteiger partial charge in [-0.3, -0.25) is 38.5 Å². The molecule has 4 amide bonds. The second kappa shape index (κ2) is 46.7. The number of amides is 4. The molecule has 1 unspecified atom stereocenters. The number of nitrogens with one attached hydrogen (secondary N) is 1. The van der Waals surface area contributed by atoms with Crippen LogP contribution < -0.4 is 24.3 Å². The quantitative estimate of drug-likeness (QED) is 0.0358. The molecule has 3 aromatic rings. The number of likely N-dealkylation sites (tertiary alicyclic amines) is 1. The standard InChI is InChI=1S/C63H91F2N3O25S/c1-45(41-66-54(70)44-68-56(72)7-8-57(68)73)93-59(75)10-6-49(69)53-39-47-52(94-53)40-51(78-4)63(60(47)64)92-13-5-12-91-62-50(77-3)38-46-42-67(43-48(46)61(62)65)55(71)9-11-58(74)90-37-36-89-35-34-88-33-32-87-31-30-86-29-28-85-27-26-84-25-24-83-23-22-82-21-20-81-19-18-80-17-16-79-15-14-76-2/h38-40,45H,5-37,41-44H2,1-4H3,(H,66,70)/t45-/m0/s1/i7T/t7?,45-. The van der Waals surface area contributed by atoms with Gasteiger partial charge in [-0.15, -0.1) is 11.3 Å². The van der Waals surface area contributed by atoms with Crippen LogP contribution in [0.3, 0.4) is 0 Å². The van der Waals surface area contributed by atoms with Crippen LogP contribution in [0.15, 0.2) is 18.2 Å². The van der Waals surface area contributed by atoms with Crippen molar-refractivity contribution in [2.45, 2.75) is 71.0 Å². The summed E-state index contributed by atoms with van der Waals surface area (Å²) in [5, 5.41) is 2.54. The summed E-state index contributed by atoms with van der Waals surface area (Å²) in [6, 6.07) is 4.45. The number of nitrogens with zero attached hydrogens (tertiary/aromatic N) is 2. The van der Waals surface area contributed by atoms with Crippen molar-refractivity contribution in [3.8, 4) is 23.0 Å². The maximum Gasteiger partial charge on any atom is 0.306 e. The maximum absolute atomic E-state index is 16.0. The van der Waals surface area contributed by atoms with Crippen LogP contribution in [0, 0.1) is 11.6 Å². The zero-order valence-electron chi connectivity index (χ0n) is 55.1. The van der Waals surface area contributed by atoms with E-state index in [0.29, 0.717) is 154 Å². The van der Waals surface area contributed by atoms with Gasteiger partial charge in [0.05, 0.1) is 204 Å². The maximum atomic E-state index is 16.0. The molecule has 2 atom stereocenters. The van der Waals surface area contributed by atoms with E-state index >= 15 is 8.78 Å². The predicted molar refractivity (Wildman–Crippen MR) is 330 cm³/mol. The smallest absolute Gasteiger partial charge is 0.306 e. The number of hydrogen-bond acceptors (Lipinski definition) is 26. The number of halogens is 2. The van der Waals surface area contributed by atoms with Gasteiger partial charge in [-0.05, 0) is 24.6 Å². The summed E-state index contributed by atoms with van der Waals surface area (Å²) in [5.74, 6) is -5.99. The molecule has 1 fully saturated rings. The van der Waals surface area contributed by atoms with E-state index in [2.05, 4.69) is 5.32 Å². The van der Waals surface area contributed by atoms with Gasteiger partial charge in [-0.2, -0.15) is 0 Å². The summed E-state index contributed by atoms with van der Waals surface area (Å²) >= 11 is 0.992. The molecule has 0 saturated carbocycles. The fraction of sp³-hybridized carbons (Fsp3) is 0.667. The molecule has 3 heterocycles. The Kier molecular flexibility index (Phi) is 38.1. The lowest BCUT2D eigenvalue weighted by molar-refractivity contribution is -0.148. The topological polar surface area (TPSA) is 304 Å². The fourth-order valence-electron chi connectivity index (χ4n) is 8.76. The SMILES string of the molecule is [3H]C1CC(=O)N(CC(=O)NC[C@H](C)OC(=O)CCC(=O)c2cc3c(F)c(OCCCOc4c(OC)cc5c(c4F)CN(C(=O)CCC(=O)OCCOCCOCCOCCOCCOCCOCCOCCOCCOCCOCCOCCOC)C5)c(OC)cc3s2)C1=O. The average molecular weight is 1360 g/mol. The molecular formula is C63H91F2N3O25S. The molecule has 28 nitrogen and oxygen atoms in total. The number of imide groups is 1. The number of ether oxygens (including phenoxy) is 18. The molecule has 5 rings (SSSR count). The minimum absolute atomic E-state index is 0.0170. The molecule has 2 aliphatic rings. The first-order valence-electron chi connectivity index (χ1n) is 31.7. The number of rotatable bonds is 56. The summed E-state index contributed by atoms with van der Waals surface area (Å²) in [7, 11) is 4.30. The van der Waals surface area contributed by atoms with Crippen LogP contribution in [0.5, 0.6) is 23.0 Å². The van der Waals surface area contributed by atoms with Crippen LogP contribution in [0.25, 0.3) is 10.1 Å². The second-order valence-electron chi connectivity index (χ2n) is 20.6. The highest BCUT2D eigenvalue weighted by molar-refractivity contribution is 7.20. The molecule has 0 spiro atoms. The van der Waals surface area contributed by atoms with E-state index in [1.165, 1.54) is 38.2 Å². The van der Waals surface area contributed by atoms with Gasteiger partial charge >= 0.3 is 11.9 Å². The summed E-state index contributed by atoms with van der Waals surface area (Å²) in [5.41, 5.74) is 0.745. The molecule has 0 bridgehead atoms. The number of ketones is 1. The number of hydrogen-bond donors (Lipinski definition) is 1. The highest BCUT2D eigenvalue weighted by atomic mass is 32.1. The molecule has 528 valence electrons. The van der Waals surface area contributed by atoms with Gasteiger partial charge in [-0.1, -0.05) is 0 Å². The first-order chi connectivity index (χ1) is 46.1. The van der Waals surface area contributed by atoms with E-state index in [4.69, 9.17) is 86.6 Å². The number of thiophene rings is 1. The van der Waals surface area contributed by atoms with E-state index in [1.54, 1.807) is 13.2 Å². The van der Waals surface area contributed by atoms with Crippen LogP contribution in [0.1, 0.15) is 74.0 Å². The first-order valence-corrected chi connectivity index (χ1v) is 31.9. The molecule has 1 N–H and O–H groups in total. The largest absolute Gasteiger partial charge is 0.493 e. The van der Waals surface area contributed by atoms with Crippen molar-refractivity contribution in [2.24, 2.45) is 0 Å². The van der Waals surface area contributed by atoms with Crippen molar-refractivity contribution < 1.29 is 129 Å². The van der Waals surface area contributed by atoms with Gasteiger partial charge in [0, 0.05) is 75.4 Å². The Morgan fingerprint density at radius 2 is 1.03 bits per heavy atom. The van der Waals surface area contributed by atoms with Crippen LogP contribution in [-0.4, -0.2) is 263 Å². The number of fused-ring (bicyclic) bond motifs is 2. The van der Waals surface area contributed by atoms with Gasteiger partial charge in [-0.25, -0.2) is 8.78 Å². The molecule has 1 aromatic heterocycles. The average Bonchev–Trinajstić information content (AvgIpc) is 1.69. The highest BCUT2D eigenvalue weighted by Crippen LogP contribution is 2.41. The summed E-state index contributed by atoms with van der Waals surface area (Å²) in [4.78, 5) is 89.6. The predicted octanol–water partition coefficient (Wildman–Crippen LogP) is 4.20. The Bertz CT molecular complexity index is 2820. The van der Waals surface area contributed by atoms with E-state index in [0.717, 1.165) is 11.3 Å². The van der Waals surface area contributed by atoms with E-state index in [-0.39, 0.29) is 136 Å². The number of methoxy groups -OCH3 is 3. The lowest BCUT2D eigenvalue weighted by atomic mass is 10.1. The number of Topliss-reactive ketones (excluding diaryl/α,β-unsaturated/α-hetero) is 1. The third-order valence-electron chi connectivity index (χ3n) is 13.6. The van der Waals surface area contributed by atoms with Crippen LogP contribution in [0.2, 0.25) is 0 Å². The van der Waals surface area contributed by atoms with E-state index in [1.807, 2.05) is 0 Å².